The number of hydrogen-bond acceptors (Lipinski definition) is 3. The molecule has 0 unspecified atom stereocenters. The fraction of sp³-hybridized carbons (Fsp3) is 0.417. The molecule has 0 saturated heterocycles. The molecule has 0 radical (unpaired) electrons. The summed E-state index contributed by atoms with van der Waals surface area (Å²) in [6.07, 6.45) is 0.932. The SMILES string of the molecule is O=C(CCCOc1ccc(Cl)cc1Cl)NCCO. The van der Waals surface area contributed by atoms with E-state index in [1.54, 1.807) is 18.2 Å². The topological polar surface area (TPSA) is 58.6 Å². The Labute approximate surface area is 116 Å². The van der Waals surface area contributed by atoms with Crippen molar-refractivity contribution in [3.8, 4) is 5.75 Å². The van der Waals surface area contributed by atoms with Crippen LogP contribution >= 0.6 is 23.2 Å². The van der Waals surface area contributed by atoms with Crippen LogP contribution < -0.4 is 10.1 Å². The predicted molar refractivity (Wildman–Crippen MR) is 71.3 cm³/mol. The third-order valence-electron chi connectivity index (χ3n) is 2.13. The average molecular weight is 292 g/mol. The quantitative estimate of drug-likeness (QED) is 0.758. The fourth-order valence-electron chi connectivity index (χ4n) is 1.29. The van der Waals surface area contributed by atoms with Crippen molar-refractivity contribution in [3.05, 3.63) is 28.2 Å². The predicted octanol–water partition coefficient (Wildman–Crippen LogP) is 2.26. The lowest BCUT2D eigenvalue weighted by molar-refractivity contribution is -0.121. The van der Waals surface area contributed by atoms with Gasteiger partial charge in [-0.3, -0.25) is 4.79 Å². The van der Waals surface area contributed by atoms with E-state index in [-0.39, 0.29) is 19.1 Å². The van der Waals surface area contributed by atoms with Crippen LogP contribution in [-0.2, 0) is 4.79 Å². The summed E-state index contributed by atoms with van der Waals surface area (Å²) in [7, 11) is 0. The maximum atomic E-state index is 11.2. The molecule has 0 aliphatic rings. The molecule has 0 aliphatic carbocycles. The van der Waals surface area contributed by atoms with E-state index in [2.05, 4.69) is 5.32 Å². The normalized spacial score (nSPS) is 10.2. The largest absolute Gasteiger partial charge is 0.492 e. The van der Waals surface area contributed by atoms with Crippen LogP contribution in [0.1, 0.15) is 12.8 Å². The Morgan fingerprint density at radius 2 is 2.17 bits per heavy atom. The minimum Gasteiger partial charge on any atom is -0.492 e. The van der Waals surface area contributed by atoms with Gasteiger partial charge < -0.3 is 15.2 Å². The van der Waals surface area contributed by atoms with E-state index in [9.17, 15) is 4.79 Å². The summed E-state index contributed by atoms with van der Waals surface area (Å²) in [5.74, 6) is 0.451. The van der Waals surface area contributed by atoms with Gasteiger partial charge in [0.05, 0.1) is 18.2 Å². The molecule has 1 rings (SSSR count). The highest BCUT2D eigenvalue weighted by atomic mass is 35.5. The maximum Gasteiger partial charge on any atom is 0.220 e. The fourth-order valence-corrected chi connectivity index (χ4v) is 1.75. The third-order valence-corrected chi connectivity index (χ3v) is 2.66. The lowest BCUT2D eigenvalue weighted by Gasteiger charge is -2.08. The summed E-state index contributed by atoms with van der Waals surface area (Å²) in [6.45, 7) is 0.624. The Balaban J connectivity index is 2.23. The van der Waals surface area contributed by atoms with Crippen LogP contribution in [0.4, 0.5) is 0 Å². The second-order valence-electron chi connectivity index (χ2n) is 3.60. The summed E-state index contributed by atoms with van der Waals surface area (Å²) in [6, 6.07) is 4.99. The number of carbonyl (C=O) groups excluding carboxylic acids is 1. The molecular formula is C12H15Cl2NO3. The Morgan fingerprint density at radius 1 is 1.39 bits per heavy atom. The Kier molecular flexibility index (Phi) is 6.86. The molecule has 0 heterocycles. The van der Waals surface area contributed by atoms with Gasteiger partial charge in [0.2, 0.25) is 5.91 Å². The van der Waals surface area contributed by atoms with Crippen molar-refractivity contribution in [2.24, 2.45) is 0 Å². The van der Waals surface area contributed by atoms with Gasteiger partial charge in [0.1, 0.15) is 5.75 Å². The van der Waals surface area contributed by atoms with Crippen molar-refractivity contribution in [3.63, 3.8) is 0 Å². The zero-order valence-corrected chi connectivity index (χ0v) is 11.3. The van der Waals surface area contributed by atoms with Crippen molar-refractivity contribution in [1.82, 2.24) is 5.32 Å². The summed E-state index contributed by atoms with van der Waals surface area (Å²) < 4.78 is 5.43. The van der Waals surface area contributed by atoms with Crippen molar-refractivity contribution >= 4 is 29.1 Å². The number of ether oxygens (including phenoxy) is 1. The molecule has 4 nitrogen and oxygen atoms in total. The van der Waals surface area contributed by atoms with Crippen LogP contribution in [0, 0.1) is 0 Å². The third kappa shape index (κ3) is 5.58. The van der Waals surface area contributed by atoms with Crippen molar-refractivity contribution in [1.29, 1.82) is 0 Å². The summed E-state index contributed by atoms with van der Waals surface area (Å²) in [4.78, 5) is 11.2. The van der Waals surface area contributed by atoms with Crippen LogP contribution in [-0.4, -0.2) is 30.8 Å². The number of aliphatic hydroxyl groups excluding tert-OH is 1. The van der Waals surface area contributed by atoms with Gasteiger partial charge in [0.25, 0.3) is 0 Å². The summed E-state index contributed by atoms with van der Waals surface area (Å²) in [5, 5.41) is 12.1. The number of rotatable bonds is 7. The van der Waals surface area contributed by atoms with Crippen LogP contribution in [0.25, 0.3) is 0 Å². The second-order valence-corrected chi connectivity index (χ2v) is 4.44. The van der Waals surface area contributed by atoms with Gasteiger partial charge in [-0.15, -0.1) is 0 Å². The summed E-state index contributed by atoms with van der Waals surface area (Å²) >= 11 is 11.7. The van der Waals surface area contributed by atoms with Gasteiger partial charge in [-0.1, -0.05) is 23.2 Å². The Morgan fingerprint density at radius 3 is 2.83 bits per heavy atom. The number of benzene rings is 1. The minimum atomic E-state index is -0.102. The number of hydrogen-bond donors (Lipinski definition) is 2. The molecule has 18 heavy (non-hydrogen) atoms. The van der Waals surface area contributed by atoms with Gasteiger partial charge in [-0.05, 0) is 24.6 Å². The number of amides is 1. The number of carbonyl (C=O) groups is 1. The lowest BCUT2D eigenvalue weighted by Crippen LogP contribution is -2.26. The van der Waals surface area contributed by atoms with Gasteiger partial charge in [-0.2, -0.15) is 0 Å². The molecule has 0 fully saturated rings. The van der Waals surface area contributed by atoms with Crippen molar-refractivity contribution < 1.29 is 14.6 Å². The number of aliphatic hydroxyl groups is 1. The highest BCUT2D eigenvalue weighted by Gasteiger charge is 2.03. The monoisotopic (exact) mass is 291 g/mol. The lowest BCUT2D eigenvalue weighted by atomic mass is 10.3. The van der Waals surface area contributed by atoms with E-state index in [0.29, 0.717) is 35.2 Å². The molecule has 0 saturated carbocycles. The molecule has 0 aliphatic heterocycles. The molecule has 0 bridgehead atoms. The van der Waals surface area contributed by atoms with Crippen molar-refractivity contribution in [2.75, 3.05) is 19.8 Å². The first-order valence-electron chi connectivity index (χ1n) is 5.59. The van der Waals surface area contributed by atoms with Crippen LogP contribution in [0.15, 0.2) is 18.2 Å². The van der Waals surface area contributed by atoms with E-state index in [0.717, 1.165) is 0 Å². The van der Waals surface area contributed by atoms with Gasteiger partial charge >= 0.3 is 0 Å². The highest BCUT2D eigenvalue weighted by Crippen LogP contribution is 2.27. The molecule has 2 N–H and O–H groups in total. The Bertz CT molecular complexity index is 399. The average Bonchev–Trinajstić information content (AvgIpc) is 2.34. The molecule has 1 aromatic carbocycles. The first-order valence-corrected chi connectivity index (χ1v) is 6.34. The molecule has 0 aromatic heterocycles. The molecule has 6 heteroatoms. The minimum absolute atomic E-state index is 0.0530. The van der Waals surface area contributed by atoms with E-state index in [1.165, 1.54) is 0 Å². The molecule has 1 aromatic rings. The molecule has 0 atom stereocenters. The zero-order valence-electron chi connectivity index (χ0n) is 9.79. The van der Waals surface area contributed by atoms with Crippen LogP contribution in [0.5, 0.6) is 5.75 Å². The molecule has 100 valence electrons. The van der Waals surface area contributed by atoms with E-state index >= 15 is 0 Å². The van der Waals surface area contributed by atoms with E-state index in [1.807, 2.05) is 0 Å². The van der Waals surface area contributed by atoms with Gasteiger partial charge in [0, 0.05) is 18.0 Å². The van der Waals surface area contributed by atoms with E-state index < -0.39 is 0 Å². The Hall–Kier alpha value is -0.970. The first kappa shape index (κ1) is 15.1. The van der Waals surface area contributed by atoms with Gasteiger partial charge in [0.15, 0.2) is 0 Å². The smallest absolute Gasteiger partial charge is 0.220 e. The second kappa shape index (κ2) is 8.19. The number of halogens is 2. The van der Waals surface area contributed by atoms with Gasteiger partial charge in [-0.25, -0.2) is 0 Å². The summed E-state index contributed by atoms with van der Waals surface area (Å²) in [5.41, 5.74) is 0. The van der Waals surface area contributed by atoms with Crippen molar-refractivity contribution in [2.45, 2.75) is 12.8 Å². The standard InChI is InChI=1S/C12H15Cl2NO3/c13-9-3-4-11(10(14)8-9)18-7-1-2-12(17)15-5-6-16/h3-4,8,16H,1-2,5-7H2,(H,15,17). The zero-order chi connectivity index (χ0) is 13.4. The van der Waals surface area contributed by atoms with Crippen LogP contribution in [0.2, 0.25) is 10.0 Å². The maximum absolute atomic E-state index is 11.2. The highest BCUT2D eigenvalue weighted by molar-refractivity contribution is 6.35. The molecule has 1 amide bonds. The van der Waals surface area contributed by atoms with Crippen LogP contribution in [0.3, 0.4) is 0 Å². The molecular weight excluding hydrogens is 277 g/mol. The first-order chi connectivity index (χ1) is 8.63. The number of nitrogens with one attached hydrogen (secondary N) is 1. The van der Waals surface area contributed by atoms with E-state index in [4.69, 9.17) is 33.0 Å². The molecule has 0 spiro atoms.